The first-order valence-corrected chi connectivity index (χ1v) is 10.7. The van der Waals surface area contributed by atoms with Crippen molar-refractivity contribution in [2.75, 3.05) is 13.2 Å². The summed E-state index contributed by atoms with van der Waals surface area (Å²) < 4.78 is 6.75. The molecule has 0 unspecified atom stereocenters. The molecule has 0 bridgehead atoms. The summed E-state index contributed by atoms with van der Waals surface area (Å²) in [4.78, 5) is 27.0. The second-order valence-electron chi connectivity index (χ2n) is 7.04. The summed E-state index contributed by atoms with van der Waals surface area (Å²) in [5.74, 6) is -0.328. The molecule has 1 aliphatic rings. The number of hydrogen-bond acceptors (Lipinski definition) is 5. The molecule has 0 spiro atoms. The first-order valence-electron chi connectivity index (χ1n) is 9.75. The molecule has 1 amide bonds. The van der Waals surface area contributed by atoms with Crippen molar-refractivity contribution in [1.82, 2.24) is 14.7 Å². The maximum atomic E-state index is 13.1. The third kappa shape index (κ3) is 3.70. The fourth-order valence-corrected chi connectivity index (χ4v) is 4.52. The molecule has 3 aromatic rings. The van der Waals surface area contributed by atoms with Gasteiger partial charge in [-0.3, -0.25) is 4.79 Å². The van der Waals surface area contributed by atoms with Crippen molar-refractivity contribution in [3.05, 3.63) is 69.7 Å². The van der Waals surface area contributed by atoms with E-state index in [1.807, 2.05) is 36.1 Å². The summed E-state index contributed by atoms with van der Waals surface area (Å²) in [5, 5.41) is 8.49. The second kappa shape index (κ2) is 8.21. The molecule has 1 aliphatic heterocycles. The molecule has 0 radical (unpaired) electrons. The predicted molar refractivity (Wildman–Crippen MR) is 112 cm³/mol. The van der Waals surface area contributed by atoms with E-state index in [1.54, 1.807) is 22.9 Å². The van der Waals surface area contributed by atoms with Crippen molar-refractivity contribution in [2.24, 2.45) is 0 Å². The Morgan fingerprint density at radius 1 is 1.24 bits per heavy atom. The molecule has 1 saturated heterocycles. The number of thiophene rings is 1. The number of ether oxygens (including phenoxy) is 1. The van der Waals surface area contributed by atoms with Crippen molar-refractivity contribution < 1.29 is 14.3 Å². The Bertz CT molecular complexity index is 1010. The van der Waals surface area contributed by atoms with E-state index in [1.165, 1.54) is 11.8 Å². The second-order valence-corrected chi connectivity index (χ2v) is 7.82. The van der Waals surface area contributed by atoms with Crippen LogP contribution in [0.5, 0.6) is 0 Å². The van der Waals surface area contributed by atoms with Gasteiger partial charge in [0, 0.05) is 12.1 Å². The van der Waals surface area contributed by atoms with E-state index in [9.17, 15) is 9.59 Å². The van der Waals surface area contributed by atoms with Gasteiger partial charge in [0.2, 0.25) is 0 Å². The first-order chi connectivity index (χ1) is 14.1. The van der Waals surface area contributed by atoms with E-state index in [-0.39, 0.29) is 17.9 Å². The van der Waals surface area contributed by atoms with Gasteiger partial charge in [-0.15, -0.1) is 0 Å². The van der Waals surface area contributed by atoms with E-state index < -0.39 is 0 Å². The topological polar surface area (TPSA) is 64.4 Å². The summed E-state index contributed by atoms with van der Waals surface area (Å²) in [6.45, 7) is 4.70. The monoisotopic (exact) mass is 409 g/mol. The van der Waals surface area contributed by atoms with Gasteiger partial charge in [0.05, 0.1) is 30.2 Å². The van der Waals surface area contributed by atoms with Crippen LogP contribution >= 0.6 is 11.3 Å². The highest BCUT2D eigenvalue weighted by molar-refractivity contribution is 7.08. The van der Waals surface area contributed by atoms with Crippen LogP contribution in [0.4, 0.5) is 0 Å². The van der Waals surface area contributed by atoms with Crippen LogP contribution in [0, 0.1) is 6.92 Å². The van der Waals surface area contributed by atoms with E-state index in [4.69, 9.17) is 4.74 Å². The van der Waals surface area contributed by atoms with Gasteiger partial charge >= 0.3 is 5.97 Å². The van der Waals surface area contributed by atoms with Crippen molar-refractivity contribution >= 4 is 23.2 Å². The lowest BCUT2D eigenvalue weighted by Gasteiger charge is -2.24. The number of rotatable bonds is 5. The molecule has 4 rings (SSSR count). The molecule has 0 saturated carbocycles. The Hall–Kier alpha value is -2.93. The van der Waals surface area contributed by atoms with Crippen molar-refractivity contribution in [3.8, 4) is 5.69 Å². The van der Waals surface area contributed by atoms with Crippen LogP contribution in [0.3, 0.4) is 0 Å². The zero-order chi connectivity index (χ0) is 20.4. The molecule has 150 valence electrons. The lowest BCUT2D eigenvalue weighted by Crippen LogP contribution is -2.30. The Balaban J connectivity index is 1.54. The number of aromatic nitrogens is 2. The van der Waals surface area contributed by atoms with Crippen LogP contribution in [0.2, 0.25) is 0 Å². The largest absolute Gasteiger partial charge is 0.462 e. The minimum Gasteiger partial charge on any atom is -0.462 e. The molecule has 0 aliphatic carbocycles. The smallest absolute Gasteiger partial charge is 0.341 e. The number of carbonyl (C=O) groups excluding carboxylic acids is 2. The Morgan fingerprint density at radius 3 is 2.72 bits per heavy atom. The minimum absolute atomic E-state index is 0.0506. The number of nitrogens with zero attached hydrogens (tertiary/aromatic N) is 3. The van der Waals surface area contributed by atoms with Gasteiger partial charge in [0.15, 0.2) is 0 Å². The van der Waals surface area contributed by atoms with Crippen LogP contribution in [0.25, 0.3) is 5.69 Å². The third-order valence-corrected chi connectivity index (χ3v) is 6.01. The van der Waals surface area contributed by atoms with Gasteiger partial charge in [-0.1, -0.05) is 0 Å². The quantitative estimate of drug-likeness (QED) is 0.586. The predicted octanol–water partition coefficient (Wildman–Crippen LogP) is 4.40. The van der Waals surface area contributed by atoms with E-state index in [2.05, 4.69) is 21.9 Å². The highest BCUT2D eigenvalue weighted by atomic mass is 32.1. The fourth-order valence-electron chi connectivity index (χ4n) is 3.81. The zero-order valence-corrected chi connectivity index (χ0v) is 17.3. The van der Waals surface area contributed by atoms with Crippen molar-refractivity contribution in [1.29, 1.82) is 0 Å². The van der Waals surface area contributed by atoms with Crippen LogP contribution < -0.4 is 0 Å². The van der Waals surface area contributed by atoms with E-state index in [0.29, 0.717) is 23.4 Å². The van der Waals surface area contributed by atoms with Gasteiger partial charge in [-0.2, -0.15) is 16.4 Å². The summed E-state index contributed by atoms with van der Waals surface area (Å²) in [7, 11) is 0. The molecule has 1 atom stereocenters. The summed E-state index contributed by atoms with van der Waals surface area (Å²) in [6, 6.07) is 9.63. The number of hydrogen-bond donors (Lipinski definition) is 0. The van der Waals surface area contributed by atoms with Crippen LogP contribution in [0.1, 0.15) is 57.8 Å². The molecule has 7 heteroatoms. The normalized spacial score (nSPS) is 16.2. The lowest BCUT2D eigenvalue weighted by atomic mass is 10.1. The number of carbonyl (C=O) groups is 2. The average Bonchev–Trinajstić information content (AvgIpc) is 3.48. The molecular weight excluding hydrogens is 386 g/mol. The SMILES string of the molecule is CCOC(=O)c1cnn(-c2ccc(C(=O)N3CCC[C@@H]3c3ccsc3)cc2)c1C. The van der Waals surface area contributed by atoms with Crippen LogP contribution in [-0.2, 0) is 4.74 Å². The molecule has 1 aromatic carbocycles. The summed E-state index contributed by atoms with van der Waals surface area (Å²) in [6.07, 6.45) is 3.54. The Morgan fingerprint density at radius 2 is 2.03 bits per heavy atom. The minimum atomic E-state index is -0.378. The van der Waals surface area contributed by atoms with Crippen molar-refractivity contribution in [2.45, 2.75) is 32.7 Å². The number of benzene rings is 1. The van der Waals surface area contributed by atoms with Crippen LogP contribution in [0.15, 0.2) is 47.3 Å². The Labute approximate surface area is 173 Å². The van der Waals surface area contributed by atoms with Crippen molar-refractivity contribution in [3.63, 3.8) is 0 Å². The van der Waals surface area contributed by atoms with Gasteiger partial charge in [0.25, 0.3) is 5.91 Å². The van der Waals surface area contributed by atoms with E-state index >= 15 is 0 Å². The van der Waals surface area contributed by atoms with Gasteiger partial charge in [-0.25, -0.2) is 9.48 Å². The number of amides is 1. The van der Waals surface area contributed by atoms with Gasteiger partial charge < -0.3 is 9.64 Å². The fraction of sp³-hybridized carbons (Fsp3) is 0.318. The van der Waals surface area contributed by atoms with Gasteiger partial charge in [0.1, 0.15) is 5.56 Å². The number of likely N-dealkylation sites (tertiary alicyclic amines) is 1. The Kier molecular flexibility index (Phi) is 5.49. The molecule has 1 fully saturated rings. The lowest BCUT2D eigenvalue weighted by molar-refractivity contribution is 0.0525. The molecular formula is C22H23N3O3S. The number of esters is 1. The summed E-state index contributed by atoms with van der Waals surface area (Å²) in [5.41, 5.74) is 3.83. The first kappa shape index (κ1) is 19.4. The summed E-state index contributed by atoms with van der Waals surface area (Å²) >= 11 is 1.66. The van der Waals surface area contributed by atoms with E-state index in [0.717, 1.165) is 25.1 Å². The zero-order valence-electron chi connectivity index (χ0n) is 16.5. The van der Waals surface area contributed by atoms with Crippen LogP contribution in [-0.4, -0.2) is 39.7 Å². The average molecular weight is 410 g/mol. The molecule has 2 aromatic heterocycles. The standard InChI is InChI=1S/C22H23N3O3S/c1-3-28-22(27)19-13-23-25(15(19)2)18-8-6-16(7-9-18)21(26)24-11-4-5-20(24)17-10-12-29-14-17/h6-10,12-14,20H,3-5,11H2,1-2H3/t20-/m1/s1. The third-order valence-electron chi connectivity index (χ3n) is 5.31. The maximum absolute atomic E-state index is 13.1. The maximum Gasteiger partial charge on any atom is 0.341 e. The highest BCUT2D eigenvalue weighted by Crippen LogP contribution is 2.34. The molecule has 29 heavy (non-hydrogen) atoms. The molecule has 6 nitrogen and oxygen atoms in total. The highest BCUT2D eigenvalue weighted by Gasteiger charge is 2.30. The van der Waals surface area contributed by atoms with Gasteiger partial charge in [-0.05, 0) is 73.3 Å². The molecule has 3 heterocycles. The molecule has 0 N–H and O–H groups in total.